The molecule has 0 radical (unpaired) electrons. The number of hydrogen-bond donors (Lipinski definition) is 2. The molecule has 2 N–H and O–H groups in total. The predicted octanol–water partition coefficient (Wildman–Crippen LogP) is 3.40. The fourth-order valence-electron chi connectivity index (χ4n) is 2.79. The van der Waals surface area contributed by atoms with Gasteiger partial charge in [0.1, 0.15) is 5.75 Å². The highest BCUT2D eigenvalue weighted by Crippen LogP contribution is 2.37. The summed E-state index contributed by atoms with van der Waals surface area (Å²) in [6.45, 7) is 3.13. The highest BCUT2D eigenvalue weighted by molar-refractivity contribution is 5.50. The van der Waals surface area contributed by atoms with Crippen molar-refractivity contribution in [2.45, 2.75) is 19.4 Å². The zero-order valence-electron chi connectivity index (χ0n) is 12.3. The van der Waals surface area contributed by atoms with Crippen molar-refractivity contribution in [1.82, 2.24) is 0 Å². The Bertz CT molecular complexity index is 594. The Morgan fingerprint density at radius 2 is 1.90 bits per heavy atom. The molecule has 1 aliphatic rings. The molecule has 0 bridgehead atoms. The summed E-state index contributed by atoms with van der Waals surface area (Å²) >= 11 is 0. The minimum Gasteiger partial charge on any atom is -0.493 e. The molecule has 3 rings (SSSR count). The number of aliphatic hydroxyl groups excluding tert-OH is 1. The van der Waals surface area contributed by atoms with Crippen molar-refractivity contribution in [1.29, 1.82) is 0 Å². The summed E-state index contributed by atoms with van der Waals surface area (Å²) in [6, 6.07) is 16.8. The normalized spacial score (nSPS) is 20.5. The van der Waals surface area contributed by atoms with Crippen LogP contribution in [0.4, 0.5) is 5.69 Å². The van der Waals surface area contributed by atoms with Gasteiger partial charge in [0.15, 0.2) is 0 Å². The number of ether oxygens (including phenoxy) is 1. The van der Waals surface area contributed by atoms with Gasteiger partial charge in [-0.05, 0) is 30.2 Å². The van der Waals surface area contributed by atoms with Crippen LogP contribution in [0.5, 0.6) is 5.75 Å². The Labute approximate surface area is 125 Å². The van der Waals surface area contributed by atoms with Crippen molar-refractivity contribution in [3.63, 3.8) is 0 Å². The third-order valence-corrected chi connectivity index (χ3v) is 4.00. The summed E-state index contributed by atoms with van der Waals surface area (Å²) in [6.07, 6.45) is 0.705. The number of aliphatic hydroxyl groups is 1. The average Bonchev–Trinajstić information content (AvgIpc) is 2.52. The molecule has 2 atom stereocenters. The first-order valence-corrected chi connectivity index (χ1v) is 7.46. The average molecular weight is 283 g/mol. The van der Waals surface area contributed by atoms with E-state index in [9.17, 15) is 0 Å². The molecule has 3 nitrogen and oxygen atoms in total. The van der Waals surface area contributed by atoms with Gasteiger partial charge in [0.25, 0.3) is 0 Å². The van der Waals surface area contributed by atoms with Gasteiger partial charge in [-0.1, -0.05) is 37.3 Å². The van der Waals surface area contributed by atoms with E-state index in [0.29, 0.717) is 12.3 Å². The van der Waals surface area contributed by atoms with Gasteiger partial charge in [-0.3, -0.25) is 0 Å². The largest absolute Gasteiger partial charge is 0.493 e. The van der Waals surface area contributed by atoms with Crippen LogP contribution in [0.2, 0.25) is 0 Å². The molecular weight excluding hydrogens is 262 g/mol. The molecule has 0 aromatic heterocycles. The third-order valence-electron chi connectivity index (χ3n) is 4.00. The zero-order valence-corrected chi connectivity index (χ0v) is 12.3. The van der Waals surface area contributed by atoms with E-state index in [1.807, 2.05) is 12.1 Å². The Morgan fingerprint density at radius 1 is 1.14 bits per heavy atom. The Kier molecular flexibility index (Phi) is 4.11. The number of anilines is 1. The van der Waals surface area contributed by atoms with Crippen LogP contribution in [0.15, 0.2) is 48.5 Å². The lowest BCUT2D eigenvalue weighted by Gasteiger charge is -2.32. The van der Waals surface area contributed by atoms with Crippen molar-refractivity contribution in [3.05, 3.63) is 59.7 Å². The van der Waals surface area contributed by atoms with Gasteiger partial charge >= 0.3 is 0 Å². The number of para-hydroxylation sites is 1. The van der Waals surface area contributed by atoms with E-state index in [-0.39, 0.29) is 12.6 Å². The van der Waals surface area contributed by atoms with Gasteiger partial charge in [-0.25, -0.2) is 0 Å². The van der Waals surface area contributed by atoms with Gasteiger partial charge in [-0.15, -0.1) is 0 Å². The number of benzene rings is 2. The highest BCUT2D eigenvalue weighted by Gasteiger charge is 2.27. The molecule has 110 valence electrons. The molecule has 1 heterocycles. The lowest BCUT2D eigenvalue weighted by molar-refractivity contribution is 0.214. The number of fused-ring (bicyclic) bond motifs is 1. The fraction of sp³-hybridized carbons (Fsp3) is 0.333. The van der Waals surface area contributed by atoms with Crippen molar-refractivity contribution in [2.24, 2.45) is 5.92 Å². The maximum absolute atomic E-state index is 8.96. The van der Waals surface area contributed by atoms with E-state index < -0.39 is 0 Å². The van der Waals surface area contributed by atoms with E-state index in [2.05, 4.69) is 48.6 Å². The first-order chi connectivity index (χ1) is 10.3. The van der Waals surface area contributed by atoms with E-state index in [1.165, 1.54) is 5.56 Å². The first-order valence-electron chi connectivity index (χ1n) is 7.46. The van der Waals surface area contributed by atoms with Crippen molar-refractivity contribution in [3.8, 4) is 5.75 Å². The Balaban J connectivity index is 1.80. The second-order valence-corrected chi connectivity index (χ2v) is 5.62. The van der Waals surface area contributed by atoms with E-state index in [1.54, 1.807) is 0 Å². The molecule has 0 fully saturated rings. The SMILES string of the molecule is CC1COc2ccccc2C1Nc1ccc(CCO)cc1. The van der Waals surface area contributed by atoms with E-state index >= 15 is 0 Å². The second-order valence-electron chi connectivity index (χ2n) is 5.62. The topological polar surface area (TPSA) is 41.5 Å². The molecule has 0 aliphatic carbocycles. The van der Waals surface area contributed by atoms with Crippen LogP contribution in [0, 0.1) is 5.92 Å². The smallest absolute Gasteiger partial charge is 0.124 e. The van der Waals surface area contributed by atoms with Crippen LogP contribution >= 0.6 is 0 Å². The quantitative estimate of drug-likeness (QED) is 0.903. The summed E-state index contributed by atoms with van der Waals surface area (Å²) in [7, 11) is 0. The van der Waals surface area contributed by atoms with Crippen LogP contribution in [0.25, 0.3) is 0 Å². The second kappa shape index (κ2) is 6.19. The minimum absolute atomic E-state index is 0.192. The maximum Gasteiger partial charge on any atom is 0.124 e. The van der Waals surface area contributed by atoms with Gasteiger partial charge in [-0.2, -0.15) is 0 Å². The van der Waals surface area contributed by atoms with Gasteiger partial charge in [0.2, 0.25) is 0 Å². The monoisotopic (exact) mass is 283 g/mol. The summed E-state index contributed by atoms with van der Waals surface area (Å²) in [5.41, 5.74) is 3.48. The minimum atomic E-state index is 0.192. The molecule has 21 heavy (non-hydrogen) atoms. The molecule has 2 unspecified atom stereocenters. The Morgan fingerprint density at radius 3 is 2.67 bits per heavy atom. The summed E-state index contributed by atoms with van der Waals surface area (Å²) in [5, 5.41) is 12.6. The fourth-order valence-corrected chi connectivity index (χ4v) is 2.79. The molecule has 0 spiro atoms. The lowest BCUT2D eigenvalue weighted by Crippen LogP contribution is -2.28. The zero-order chi connectivity index (χ0) is 14.7. The van der Waals surface area contributed by atoms with Crippen LogP contribution in [0.1, 0.15) is 24.1 Å². The van der Waals surface area contributed by atoms with Crippen molar-refractivity contribution in [2.75, 3.05) is 18.5 Å². The standard InChI is InChI=1S/C18H21NO2/c1-13-12-21-17-5-3-2-4-16(17)18(13)19-15-8-6-14(7-9-15)10-11-20/h2-9,13,18-20H,10-12H2,1H3. The molecule has 3 heteroatoms. The number of nitrogens with one attached hydrogen (secondary N) is 1. The van der Waals surface area contributed by atoms with Crippen molar-refractivity contribution >= 4 is 5.69 Å². The molecule has 2 aromatic carbocycles. The van der Waals surface area contributed by atoms with Gasteiger partial charge in [0, 0.05) is 23.8 Å². The van der Waals surface area contributed by atoms with E-state index in [0.717, 1.165) is 23.6 Å². The highest BCUT2D eigenvalue weighted by atomic mass is 16.5. The molecule has 1 aliphatic heterocycles. The molecule has 0 saturated carbocycles. The van der Waals surface area contributed by atoms with Crippen LogP contribution in [-0.2, 0) is 6.42 Å². The molecular formula is C18H21NO2. The molecule has 2 aromatic rings. The third kappa shape index (κ3) is 3.03. The van der Waals surface area contributed by atoms with Crippen LogP contribution < -0.4 is 10.1 Å². The van der Waals surface area contributed by atoms with Crippen LogP contribution in [0.3, 0.4) is 0 Å². The lowest BCUT2D eigenvalue weighted by atomic mass is 9.92. The summed E-state index contributed by atoms with van der Waals surface area (Å²) < 4.78 is 5.79. The maximum atomic E-state index is 8.96. The summed E-state index contributed by atoms with van der Waals surface area (Å²) in [5.74, 6) is 1.39. The number of rotatable bonds is 4. The summed E-state index contributed by atoms with van der Waals surface area (Å²) in [4.78, 5) is 0. The Hall–Kier alpha value is -2.00. The first kappa shape index (κ1) is 14.0. The van der Waals surface area contributed by atoms with Crippen molar-refractivity contribution < 1.29 is 9.84 Å². The number of hydrogen-bond acceptors (Lipinski definition) is 3. The predicted molar refractivity (Wildman–Crippen MR) is 84.7 cm³/mol. The molecule has 0 amide bonds. The van der Waals surface area contributed by atoms with E-state index in [4.69, 9.17) is 9.84 Å². The van der Waals surface area contributed by atoms with Crippen LogP contribution in [-0.4, -0.2) is 18.3 Å². The van der Waals surface area contributed by atoms with Gasteiger partial charge in [0.05, 0.1) is 12.6 Å². The molecule has 0 saturated heterocycles. The van der Waals surface area contributed by atoms with Gasteiger partial charge < -0.3 is 15.2 Å².